The summed E-state index contributed by atoms with van der Waals surface area (Å²) in [4.78, 5) is 35.0. The lowest BCUT2D eigenvalue weighted by Crippen LogP contribution is -2.23. The van der Waals surface area contributed by atoms with Crippen molar-refractivity contribution in [2.45, 2.75) is 57.5 Å². The van der Waals surface area contributed by atoms with Gasteiger partial charge in [0, 0.05) is 30.6 Å². The van der Waals surface area contributed by atoms with Gasteiger partial charge in [0.05, 0.1) is 5.25 Å². The molecule has 1 aromatic heterocycles. The summed E-state index contributed by atoms with van der Waals surface area (Å²) in [5, 5.41) is 11.5. The van der Waals surface area contributed by atoms with E-state index in [4.69, 9.17) is 5.73 Å². The number of nitrogens with one attached hydrogen (secondary N) is 1. The Bertz CT molecular complexity index is 877. The Balaban J connectivity index is 2.07. The summed E-state index contributed by atoms with van der Waals surface area (Å²) in [7, 11) is 0. The van der Waals surface area contributed by atoms with Gasteiger partial charge in [-0.15, -0.1) is 10.2 Å². The van der Waals surface area contributed by atoms with Crippen LogP contribution in [0.4, 0.5) is 5.69 Å². The van der Waals surface area contributed by atoms with Gasteiger partial charge < -0.3 is 15.6 Å². The first-order chi connectivity index (χ1) is 13.7. The number of carbonyl (C=O) groups excluding carboxylic acids is 3. The lowest BCUT2D eigenvalue weighted by atomic mass is 10.1. The van der Waals surface area contributed by atoms with Crippen molar-refractivity contribution >= 4 is 35.0 Å². The Morgan fingerprint density at radius 3 is 2.34 bits per heavy atom. The maximum Gasteiger partial charge on any atom is 0.237 e. The number of thioether (sulfide) groups is 1. The SMILES string of the molecule is CC(=O)c1ccc(NC(=O)[C@@H](C)Sc2nnc(CCC(N)=O)n2CC(C)C)cc1. The first-order valence-electron chi connectivity index (χ1n) is 9.46. The Morgan fingerprint density at radius 2 is 1.79 bits per heavy atom. The number of aromatic nitrogens is 3. The van der Waals surface area contributed by atoms with E-state index in [1.807, 2.05) is 4.57 Å². The molecule has 0 aliphatic heterocycles. The maximum atomic E-state index is 12.6. The molecule has 0 saturated heterocycles. The lowest BCUT2D eigenvalue weighted by molar-refractivity contribution is -0.118. The molecule has 1 heterocycles. The van der Waals surface area contributed by atoms with Gasteiger partial charge in [-0.3, -0.25) is 14.4 Å². The number of benzene rings is 1. The van der Waals surface area contributed by atoms with E-state index in [1.54, 1.807) is 31.2 Å². The fraction of sp³-hybridized carbons (Fsp3) is 0.450. The van der Waals surface area contributed by atoms with Crippen LogP contribution in [0, 0.1) is 5.92 Å². The van der Waals surface area contributed by atoms with Gasteiger partial charge in [0.15, 0.2) is 10.9 Å². The standard InChI is InChI=1S/C20H27N5O3S/c1-12(2)11-25-18(10-9-17(21)27)23-24-20(25)29-14(4)19(28)22-16-7-5-15(6-8-16)13(3)26/h5-8,12,14H,9-11H2,1-4H3,(H2,21,27)(H,22,28)/t14-/m1/s1. The van der Waals surface area contributed by atoms with Crippen molar-refractivity contribution in [1.82, 2.24) is 14.8 Å². The first kappa shape index (κ1) is 22.6. The number of Topliss-reactive ketones (excluding diaryl/α,β-unsaturated/α-hetero) is 1. The summed E-state index contributed by atoms with van der Waals surface area (Å²) in [6.45, 7) is 8.13. The summed E-state index contributed by atoms with van der Waals surface area (Å²) in [6.07, 6.45) is 0.617. The zero-order valence-corrected chi connectivity index (χ0v) is 18.0. The molecular formula is C20H27N5O3S. The van der Waals surface area contributed by atoms with Crippen LogP contribution in [0.3, 0.4) is 0 Å². The van der Waals surface area contributed by atoms with Crippen LogP contribution >= 0.6 is 11.8 Å². The molecule has 0 aliphatic carbocycles. The highest BCUT2D eigenvalue weighted by molar-refractivity contribution is 8.00. The van der Waals surface area contributed by atoms with Gasteiger partial charge in [-0.05, 0) is 44.0 Å². The summed E-state index contributed by atoms with van der Waals surface area (Å²) >= 11 is 1.31. The fourth-order valence-corrected chi connectivity index (χ4v) is 3.50. The second-order valence-corrected chi connectivity index (χ2v) is 8.56. The Morgan fingerprint density at radius 1 is 1.14 bits per heavy atom. The average molecular weight is 418 g/mol. The number of primary amides is 1. The molecule has 29 heavy (non-hydrogen) atoms. The van der Waals surface area contributed by atoms with Crippen molar-refractivity contribution < 1.29 is 14.4 Å². The highest BCUT2D eigenvalue weighted by Gasteiger charge is 2.21. The highest BCUT2D eigenvalue weighted by atomic mass is 32.2. The van der Waals surface area contributed by atoms with Gasteiger partial charge in [0.1, 0.15) is 5.82 Å². The summed E-state index contributed by atoms with van der Waals surface area (Å²) < 4.78 is 1.95. The monoisotopic (exact) mass is 417 g/mol. The molecule has 9 heteroatoms. The van der Waals surface area contributed by atoms with Crippen LogP contribution in [0.25, 0.3) is 0 Å². The van der Waals surface area contributed by atoms with E-state index >= 15 is 0 Å². The molecule has 1 atom stereocenters. The number of hydrogen-bond donors (Lipinski definition) is 2. The number of anilines is 1. The van der Waals surface area contributed by atoms with Crippen LogP contribution in [0.5, 0.6) is 0 Å². The quantitative estimate of drug-likeness (QED) is 0.453. The minimum Gasteiger partial charge on any atom is -0.370 e. The van der Waals surface area contributed by atoms with Crippen molar-refractivity contribution in [2.75, 3.05) is 5.32 Å². The third-order valence-electron chi connectivity index (χ3n) is 4.15. The van der Waals surface area contributed by atoms with Crippen LogP contribution in [-0.2, 0) is 22.6 Å². The molecule has 8 nitrogen and oxygen atoms in total. The van der Waals surface area contributed by atoms with Crippen molar-refractivity contribution in [1.29, 1.82) is 0 Å². The number of hydrogen-bond acceptors (Lipinski definition) is 6. The van der Waals surface area contributed by atoms with Gasteiger partial charge in [-0.25, -0.2) is 0 Å². The second kappa shape index (κ2) is 10.2. The molecule has 2 aromatic rings. The molecule has 0 saturated carbocycles. The molecule has 3 N–H and O–H groups in total. The summed E-state index contributed by atoms with van der Waals surface area (Å²) in [5.41, 5.74) is 6.46. The minimum absolute atomic E-state index is 0.0246. The van der Waals surface area contributed by atoms with E-state index in [0.29, 0.717) is 41.1 Å². The molecule has 0 radical (unpaired) electrons. The number of rotatable bonds is 10. The highest BCUT2D eigenvalue weighted by Crippen LogP contribution is 2.25. The van der Waals surface area contributed by atoms with Crippen LogP contribution in [0.2, 0.25) is 0 Å². The number of aryl methyl sites for hydroxylation is 1. The zero-order valence-electron chi connectivity index (χ0n) is 17.1. The molecule has 0 spiro atoms. The molecule has 0 aliphatic rings. The zero-order chi connectivity index (χ0) is 21.6. The van der Waals surface area contributed by atoms with E-state index < -0.39 is 5.25 Å². The van der Waals surface area contributed by atoms with Crippen molar-refractivity contribution in [2.24, 2.45) is 11.7 Å². The van der Waals surface area contributed by atoms with Gasteiger partial charge in [0.2, 0.25) is 11.8 Å². The van der Waals surface area contributed by atoms with Gasteiger partial charge >= 0.3 is 0 Å². The molecule has 0 bridgehead atoms. The Hall–Kier alpha value is -2.68. The van der Waals surface area contributed by atoms with Crippen molar-refractivity contribution in [3.8, 4) is 0 Å². The van der Waals surface area contributed by atoms with E-state index in [-0.39, 0.29) is 24.0 Å². The van der Waals surface area contributed by atoms with Gasteiger partial charge in [-0.2, -0.15) is 0 Å². The largest absolute Gasteiger partial charge is 0.370 e. The molecular weight excluding hydrogens is 390 g/mol. The smallest absolute Gasteiger partial charge is 0.237 e. The maximum absolute atomic E-state index is 12.6. The summed E-state index contributed by atoms with van der Waals surface area (Å²) in [6, 6.07) is 6.77. The van der Waals surface area contributed by atoms with Crippen LogP contribution < -0.4 is 11.1 Å². The van der Waals surface area contributed by atoms with Crippen LogP contribution in [-0.4, -0.2) is 37.6 Å². The fourth-order valence-electron chi connectivity index (χ4n) is 2.62. The molecule has 1 aromatic carbocycles. The molecule has 0 fully saturated rings. The Kier molecular flexibility index (Phi) is 7.95. The summed E-state index contributed by atoms with van der Waals surface area (Å²) in [5.74, 6) is 0.447. The number of nitrogens with two attached hydrogens (primary N) is 1. The molecule has 2 rings (SSSR count). The van der Waals surface area contributed by atoms with Crippen LogP contribution in [0.1, 0.15) is 50.3 Å². The lowest BCUT2D eigenvalue weighted by Gasteiger charge is -2.15. The predicted octanol–water partition coefficient (Wildman–Crippen LogP) is 2.67. The van der Waals surface area contributed by atoms with E-state index in [0.717, 1.165) is 0 Å². The number of amides is 2. The average Bonchev–Trinajstić information content (AvgIpc) is 3.01. The van der Waals surface area contributed by atoms with Gasteiger partial charge in [-0.1, -0.05) is 25.6 Å². The Labute approximate surface area is 174 Å². The van der Waals surface area contributed by atoms with Crippen molar-refractivity contribution in [3.63, 3.8) is 0 Å². The van der Waals surface area contributed by atoms with E-state index in [9.17, 15) is 14.4 Å². The minimum atomic E-state index is -0.415. The third kappa shape index (κ3) is 6.70. The third-order valence-corrected chi connectivity index (χ3v) is 5.23. The molecule has 2 amide bonds. The topological polar surface area (TPSA) is 120 Å². The molecule has 0 unspecified atom stereocenters. The number of carbonyl (C=O) groups is 3. The normalized spacial score (nSPS) is 12.0. The predicted molar refractivity (Wildman–Crippen MR) is 113 cm³/mol. The van der Waals surface area contributed by atoms with Gasteiger partial charge in [0.25, 0.3) is 0 Å². The van der Waals surface area contributed by atoms with E-state index in [2.05, 4.69) is 29.4 Å². The van der Waals surface area contributed by atoms with Crippen LogP contribution in [0.15, 0.2) is 29.4 Å². The van der Waals surface area contributed by atoms with E-state index in [1.165, 1.54) is 18.7 Å². The second-order valence-electron chi connectivity index (χ2n) is 7.25. The first-order valence-corrected chi connectivity index (χ1v) is 10.3. The molecule has 156 valence electrons. The number of nitrogens with zero attached hydrogens (tertiary/aromatic N) is 3. The van der Waals surface area contributed by atoms with Crippen molar-refractivity contribution in [3.05, 3.63) is 35.7 Å². The number of ketones is 1.